The molecule has 2 fully saturated rings. The lowest BCUT2D eigenvalue weighted by Crippen LogP contribution is -2.54. The van der Waals surface area contributed by atoms with Crippen LogP contribution in [0.3, 0.4) is 0 Å². The van der Waals surface area contributed by atoms with Gasteiger partial charge in [-0.1, -0.05) is 38.1 Å². The number of likely N-dealkylation sites (N-methyl/N-ethyl adjacent to an activating group) is 1. The Morgan fingerprint density at radius 1 is 1.17 bits per heavy atom. The lowest BCUT2D eigenvalue weighted by atomic mass is 9.98. The van der Waals surface area contributed by atoms with E-state index in [4.69, 9.17) is 0 Å². The number of rotatable bonds is 8. The molecular formula is C24H34N2O4. The van der Waals surface area contributed by atoms with E-state index in [1.54, 1.807) is 7.05 Å². The van der Waals surface area contributed by atoms with E-state index in [9.17, 15) is 19.5 Å². The van der Waals surface area contributed by atoms with E-state index in [0.29, 0.717) is 18.8 Å². The molecule has 1 aliphatic carbocycles. The minimum Gasteiger partial charge on any atom is -0.391 e. The van der Waals surface area contributed by atoms with E-state index in [2.05, 4.69) is 24.3 Å². The van der Waals surface area contributed by atoms with Crippen LogP contribution >= 0.6 is 0 Å². The molecule has 0 spiro atoms. The maximum Gasteiger partial charge on any atom is 0.246 e. The van der Waals surface area contributed by atoms with Crippen LogP contribution in [-0.2, 0) is 20.8 Å². The summed E-state index contributed by atoms with van der Waals surface area (Å²) in [5, 5.41) is 10.2. The SMILES string of the molecule is CC(=O)N(C)[C@H](C(=O)N1C[C@H](O)C[C@H]1C(=O)CCc1ccc(C2CC2)cc1)C(C)C. The molecule has 0 radical (unpaired) electrons. The first-order valence-electron chi connectivity index (χ1n) is 11.0. The number of aryl methyl sites for hydroxylation is 1. The monoisotopic (exact) mass is 414 g/mol. The lowest BCUT2D eigenvalue weighted by Gasteiger charge is -2.34. The van der Waals surface area contributed by atoms with Crippen molar-refractivity contribution in [2.75, 3.05) is 13.6 Å². The van der Waals surface area contributed by atoms with Gasteiger partial charge in [0.05, 0.1) is 12.1 Å². The predicted octanol–water partition coefficient (Wildman–Crippen LogP) is 2.53. The van der Waals surface area contributed by atoms with E-state index in [-0.39, 0.29) is 36.5 Å². The number of amides is 2. The molecule has 164 valence electrons. The highest BCUT2D eigenvalue weighted by atomic mass is 16.3. The molecule has 1 heterocycles. The summed E-state index contributed by atoms with van der Waals surface area (Å²) in [6.07, 6.45) is 3.04. The van der Waals surface area contributed by atoms with Crippen LogP contribution < -0.4 is 0 Å². The molecule has 1 saturated heterocycles. The van der Waals surface area contributed by atoms with Crippen LogP contribution in [0.1, 0.15) is 63.5 Å². The molecule has 30 heavy (non-hydrogen) atoms. The second-order valence-corrected chi connectivity index (χ2v) is 9.20. The quantitative estimate of drug-likeness (QED) is 0.709. The van der Waals surface area contributed by atoms with Gasteiger partial charge in [0.2, 0.25) is 11.8 Å². The zero-order valence-corrected chi connectivity index (χ0v) is 18.5. The van der Waals surface area contributed by atoms with E-state index < -0.39 is 18.2 Å². The van der Waals surface area contributed by atoms with Gasteiger partial charge in [-0.15, -0.1) is 0 Å². The number of likely N-dealkylation sites (tertiary alicyclic amines) is 1. The molecule has 2 aliphatic rings. The van der Waals surface area contributed by atoms with Gasteiger partial charge >= 0.3 is 0 Å². The number of hydrogen-bond acceptors (Lipinski definition) is 4. The average molecular weight is 415 g/mol. The first-order chi connectivity index (χ1) is 14.2. The Labute approximate surface area is 179 Å². The maximum absolute atomic E-state index is 13.2. The molecule has 6 nitrogen and oxygen atoms in total. The van der Waals surface area contributed by atoms with Crippen LogP contribution in [0.25, 0.3) is 0 Å². The summed E-state index contributed by atoms with van der Waals surface area (Å²) in [4.78, 5) is 41.0. The molecule has 1 aromatic rings. The van der Waals surface area contributed by atoms with E-state index in [1.165, 1.54) is 35.1 Å². The second-order valence-electron chi connectivity index (χ2n) is 9.20. The summed E-state index contributed by atoms with van der Waals surface area (Å²) in [7, 11) is 1.61. The van der Waals surface area contributed by atoms with Gasteiger partial charge in [0.15, 0.2) is 5.78 Å². The number of nitrogens with zero attached hydrogens (tertiary/aromatic N) is 2. The number of benzene rings is 1. The van der Waals surface area contributed by atoms with Crippen LogP contribution in [0.15, 0.2) is 24.3 Å². The van der Waals surface area contributed by atoms with Gasteiger partial charge in [-0.25, -0.2) is 0 Å². The molecule has 6 heteroatoms. The normalized spacial score (nSPS) is 22.3. The number of aliphatic hydroxyl groups excluding tert-OH is 1. The Morgan fingerprint density at radius 2 is 1.80 bits per heavy atom. The fourth-order valence-corrected chi connectivity index (χ4v) is 4.43. The third-order valence-electron chi connectivity index (χ3n) is 6.42. The molecule has 0 unspecified atom stereocenters. The van der Waals surface area contributed by atoms with Gasteiger partial charge in [-0.3, -0.25) is 14.4 Å². The van der Waals surface area contributed by atoms with Crippen molar-refractivity contribution in [3.05, 3.63) is 35.4 Å². The molecule has 1 aliphatic heterocycles. The minimum atomic E-state index is -0.712. The predicted molar refractivity (Wildman–Crippen MR) is 115 cm³/mol. The first kappa shape index (κ1) is 22.5. The molecule has 1 N–H and O–H groups in total. The number of carbonyl (C=O) groups excluding carboxylic acids is 3. The van der Waals surface area contributed by atoms with Gasteiger partial charge < -0.3 is 14.9 Å². The van der Waals surface area contributed by atoms with E-state index in [0.717, 1.165) is 5.56 Å². The lowest BCUT2D eigenvalue weighted by molar-refractivity contribution is -0.148. The number of aliphatic hydroxyl groups is 1. The van der Waals surface area contributed by atoms with Crippen molar-refractivity contribution >= 4 is 17.6 Å². The molecule has 0 bridgehead atoms. The van der Waals surface area contributed by atoms with Crippen molar-refractivity contribution in [2.24, 2.45) is 5.92 Å². The molecule has 3 rings (SSSR count). The van der Waals surface area contributed by atoms with Gasteiger partial charge in [-0.05, 0) is 42.2 Å². The minimum absolute atomic E-state index is 0.0286. The van der Waals surface area contributed by atoms with Crippen LogP contribution in [-0.4, -0.2) is 64.3 Å². The van der Waals surface area contributed by atoms with Crippen LogP contribution in [0.5, 0.6) is 0 Å². The van der Waals surface area contributed by atoms with Crippen LogP contribution in [0, 0.1) is 5.92 Å². The van der Waals surface area contributed by atoms with Gasteiger partial charge in [0.1, 0.15) is 6.04 Å². The van der Waals surface area contributed by atoms with Gasteiger partial charge in [0, 0.05) is 33.4 Å². The molecule has 2 amide bonds. The second kappa shape index (κ2) is 9.29. The summed E-state index contributed by atoms with van der Waals surface area (Å²) in [6.45, 7) is 5.34. The largest absolute Gasteiger partial charge is 0.391 e. The van der Waals surface area contributed by atoms with Crippen molar-refractivity contribution in [2.45, 2.75) is 77.0 Å². The van der Waals surface area contributed by atoms with Crippen molar-refractivity contribution in [1.82, 2.24) is 9.80 Å². The van der Waals surface area contributed by atoms with Crippen molar-refractivity contribution in [1.29, 1.82) is 0 Å². The van der Waals surface area contributed by atoms with Crippen molar-refractivity contribution in [3.63, 3.8) is 0 Å². The smallest absolute Gasteiger partial charge is 0.246 e. The van der Waals surface area contributed by atoms with E-state index >= 15 is 0 Å². The van der Waals surface area contributed by atoms with Crippen molar-refractivity contribution < 1.29 is 19.5 Å². The van der Waals surface area contributed by atoms with E-state index in [1.807, 2.05) is 13.8 Å². The molecule has 3 atom stereocenters. The molecular weight excluding hydrogens is 380 g/mol. The van der Waals surface area contributed by atoms with Crippen LogP contribution in [0.2, 0.25) is 0 Å². The molecule has 1 saturated carbocycles. The number of hydrogen-bond donors (Lipinski definition) is 1. The third-order valence-corrected chi connectivity index (χ3v) is 6.42. The average Bonchev–Trinajstić information content (AvgIpc) is 3.47. The Hall–Kier alpha value is -2.21. The first-order valence-corrected chi connectivity index (χ1v) is 11.0. The molecule has 0 aromatic heterocycles. The Balaban J connectivity index is 1.65. The highest BCUT2D eigenvalue weighted by molar-refractivity contribution is 5.93. The highest BCUT2D eigenvalue weighted by Gasteiger charge is 2.42. The number of carbonyl (C=O) groups is 3. The number of β-amino-alcohol motifs (C(OH)–C–C–N with tert-alkyl or cyclic N) is 1. The Bertz CT molecular complexity index is 785. The topological polar surface area (TPSA) is 77.9 Å². The maximum atomic E-state index is 13.2. The van der Waals surface area contributed by atoms with Gasteiger partial charge in [-0.2, -0.15) is 0 Å². The molecule has 1 aromatic carbocycles. The summed E-state index contributed by atoms with van der Waals surface area (Å²) < 4.78 is 0. The standard InChI is InChI=1S/C24H34N2O4/c1-15(2)23(25(4)16(3)27)24(30)26-14-20(28)13-21(26)22(29)12-7-17-5-8-18(9-6-17)19-10-11-19/h5-6,8-9,15,19-21,23,28H,7,10-14H2,1-4H3/t20-,21+,23+/m1/s1. The summed E-state index contributed by atoms with van der Waals surface area (Å²) in [5.74, 6) is 0.136. The fraction of sp³-hybridized carbons (Fsp3) is 0.625. The highest BCUT2D eigenvalue weighted by Crippen LogP contribution is 2.39. The number of ketones is 1. The summed E-state index contributed by atoms with van der Waals surface area (Å²) in [6, 6.07) is 7.21. The summed E-state index contributed by atoms with van der Waals surface area (Å²) >= 11 is 0. The van der Waals surface area contributed by atoms with Crippen LogP contribution in [0.4, 0.5) is 0 Å². The van der Waals surface area contributed by atoms with Gasteiger partial charge in [0.25, 0.3) is 0 Å². The van der Waals surface area contributed by atoms with Crippen molar-refractivity contribution in [3.8, 4) is 0 Å². The summed E-state index contributed by atoms with van der Waals surface area (Å²) in [5.41, 5.74) is 2.48. The third kappa shape index (κ3) is 5.09. The Morgan fingerprint density at radius 3 is 2.33 bits per heavy atom. The fourth-order valence-electron chi connectivity index (χ4n) is 4.43. The Kier molecular flexibility index (Phi) is 6.96. The zero-order chi connectivity index (χ0) is 22.0. The number of Topliss-reactive ketones (excluding diaryl/α,β-unsaturated/α-hetero) is 1. The zero-order valence-electron chi connectivity index (χ0n) is 18.5.